The van der Waals surface area contributed by atoms with Crippen LogP contribution in [-0.4, -0.2) is 5.84 Å². The molecule has 3 N–H and O–H groups in total. The first-order chi connectivity index (χ1) is 8.16. The lowest BCUT2D eigenvalue weighted by molar-refractivity contribution is 0.270. The minimum absolute atomic E-state index is 0.0624. The van der Waals surface area contributed by atoms with Crippen LogP contribution in [0.4, 0.5) is 0 Å². The molecule has 4 nitrogen and oxygen atoms in total. The topological polar surface area (TPSA) is 72.2 Å². The Labute approximate surface area is 103 Å². The minimum Gasteiger partial charge on any atom is -0.486 e. The number of benzene rings is 1. The van der Waals surface area contributed by atoms with E-state index in [1.807, 2.05) is 6.07 Å². The molecule has 1 aromatic carbocycles. The van der Waals surface area contributed by atoms with Crippen molar-refractivity contribution in [2.75, 3.05) is 0 Å². The zero-order chi connectivity index (χ0) is 12.3. The predicted molar refractivity (Wildman–Crippen MR) is 65.5 cm³/mol. The van der Waals surface area contributed by atoms with Crippen LogP contribution in [-0.2, 0) is 6.61 Å². The van der Waals surface area contributed by atoms with E-state index in [1.54, 1.807) is 30.5 Å². The lowest BCUT2D eigenvalue weighted by Gasteiger charge is -2.07. The van der Waals surface area contributed by atoms with Crippen molar-refractivity contribution < 1.29 is 9.15 Å². The Hall–Kier alpha value is -1.94. The Morgan fingerprint density at radius 2 is 2.24 bits per heavy atom. The molecule has 2 rings (SSSR count). The van der Waals surface area contributed by atoms with Gasteiger partial charge >= 0.3 is 0 Å². The molecule has 0 fully saturated rings. The second-order valence-electron chi connectivity index (χ2n) is 3.42. The van der Waals surface area contributed by atoms with Crippen molar-refractivity contribution >= 4 is 17.4 Å². The summed E-state index contributed by atoms with van der Waals surface area (Å²) in [6.45, 7) is 0.336. The molecule has 2 aromatic rings. The van der Waals surface area contributed by atoms with Gasteiger partial charge in [0.1, 0.15) is 24.0 Å². The number of ether oxygens (including phenoxy) is 1. The summed E-state index contributed by atoms with van der Waals surface area (Å²) in [5.41, 5.74) is 5.86. The molecule has 1 heterocycles. The van der Waals surface area contributed by atoms with E-state index >= 15 is 0 Å². The number of nitrogen functional groups attached to an aromatic ring is 1. The Morgan fingerprint density at radius 3 is 2.82 bits per heavy atom. The molecule has 17 heavy (non-hydrogen) atoms. The van der Waals surface area contributed by atoms with Gasteiger partial charge in [0.15, 0.2) is 0 Å². The summed E-state index contributed by atoms with van der Waals surface area (Å²) in [5, 5.41) is 7.70. The van der Waals surface area contributed by atoms with Gasteiger partial charge < -0.3 is 14.9 Å². The molecule has 0 unspecified atom stereocenters. The molecule has 0 spiro atoms. The fourth-order valence-electron chi connectivity index (χ4n) is 1.35. The number of furan rings is 1. The van der Waals surface area contributed by atoms with Crippen molar-refractivity contribution in [3.05, 3.63) is 52.9 Å². The van der Waals surface area contributed by atoms with Crippen LogP contribution < -0.4 is 10.5 Å². The van der Waals surface area contributed by atoms with Crippen LogP contribution in [0.5, 0.6) is 5.75 Å². The van der Waals surface area contributed by atoms with Crippen LogP contribution in [0, 0.1) is 5.41 Å². The summed E-state index contributed by atoms with van der Waals surface area (Å²) >= 11 is 5.96. The SMILES string of the molecule is N=C(N)c1ccc(OCc2ccco2)cc1Cl. The molecular weight excluding hydrogens is 240 g/mol. The van der Waals surface area contributed by atoms with Gasteiger partial charge in [-0.05, 0) is 30.3 Å². The van der Waals surface area contributed by atoms with Gasteiger partial charge in [-0.1, -0.05) is 11.6 Å². The summed E-state index contributed by atoms with van der Waals surface area (Å²) in [4.78, 5) is 0. The molecule has 0 aliphatic carbocycles. The smallest absolute Gasteiger partial charge is 0.146 e. The Bertz CT molecular complexity index is 523. The molecule has 0 aliphatic rings. The first-order valence-corrected chi connectivity index (χ1v) is 5.34. The quantitative estimate of drug-likeness (QED) is 0.647. The van der Waals surface area contributed by atoms with E-state index in [9.17, 15) is 0 Å². The van der Waals surface area contributed by atoms with Gasteiger partial charge in [-0.2, -0.15) is 0 Å². The molecule has 88 valence electrons. The van der Waals surface area contributed by atoms with Crippen molar-refractivity contribution in [2.45, 2.75) is 6.61 Å². The van der Waals surface area contributed by atoms with E-state index in [1.165, 1.54) is 0 Å². The van der Waals surface area contributed by atoms with Crippen molar-refractivity contribution in [1.29, 1.82) is 5.41 Å². The van der Waals surface area contributed by atoms with Crippen molar-refractivity contribution in [1.82, 2.24) is 0 Å². The van der Waals surface area contributed by atoms with Crippen LogP contribution in [0.25, 0.3) is 0 Å². The molecule has 0 atom stereocenters. The highest BCUT2D eigenvalue weighted by atomic mass is 35.5. The van der Waals surface area contributed by atoms with Gasteiger partial charge in [-0.3, -0.25) is 5.41 Å². The number of halogens is 1. The molecule has 0 saturated carbocycles. The number of hydrogen-bond acceptors (Lipinski definition) is 3. The van der Waals surface area contributed by atoms with Crippen LogP contribution in [0.2, 0.25) is 5.02 Å². The number of nitrogens with one attached hydrogen (secondary N) is 1. The largest absolute Gasteiger partial charge is 0.486 e. The molecule has 0 bridgehead atoms. The second-order valence-corrected chi connectivity index (χ2v) is 3.83. The van der Waals surface area contributed by atoms with Crippen LogP contribution in [0.15, 0.2) is 41.0 Å². The maximum atomic E-state index is 7.30. The van der Waals surface area contributed by atoms with E-state index in [-0.39, 0.29) is 5.84 Å². The number of amidine groups is 1. The van der Waals surface area contributed by atoms with Crippen LogP contribution in [0.3, 0.4) is 0 Å². The maximum absolute atomic E-state index is 7.30. The minimum atomic E-state index is -0.0624. The lowest BCUT2D eigenvalue weighted by atomic mass is 10.2. The van der Waals surface area contributed by atoms with E-state index < -0.39 is 0 Å². The van der Waals surface area contributed by atoms with Gasteiger partial charge in [-0.25, -0.2) is 0 Å². The molecule has 0 aliphatic heterocycles. The first kappa shape index (κ1) is 11.5. The van der Waals surface area contributed by atoms with E-state index in [0.717, 1.165) is 5.76 Å². The Morgan fingerprint density at radius 1 is 1.41 bits per heavy atom. The van der Waals surface area contributed by atoms with Crippen molar-refractivity contribution in [2.24, 2.45) is 5.73 Å². The van der Waals surface area contributed by atoms with Crippen LogP contribution in [0.1, 0.15) is 11.3 Å². The monoisotopic (exact) mass is 250 g/mol. The predicted octanol–water partition coefficient (Wildman–Crippen LogP) is 2.80. The average Bonchev–Trinajstić information content (AvgIpc) is 2.78. The van der Waals surface area contributed by atoms with Gasteiger partial charge in [-0.15, -0.1) is 0 Å². The second kappa shape index (κ2) is 4.93. The zero-order valence-electron chi connectivity index (χ0n) is 8.94. The van der Waals surface area contributed by atoms with Gasteiger partial charge in [0.25, 0.3) is 0 Å². The van der Waals surface area contributed by atoms with Gasteiger partial charge in [0, 0.05) is 5.56 Å². The third-order valence-corrected chi connectivity index (χ3v) is 2.50. The maximum Gasteiger partial charge on any atom is 0.146 e. The van der Waals surface area contributed by atoms with Crippen molar-refractivity contribution in [3.63, 3.8) is 0 Å². The molecule has 0 radical (unpaired) electrons. The lowest BCUT2D eigenvalue weighted by Crippen LogP contribution is -2.11. The fourth-order valence-corrected chi connectivity index (χ4v) is 1.63. The molecule has 0 saturated heterocycles. The molecule has 5 heteroatoms. The number of rotatable bonds is 4. The normalized spacial score (nSPS) is 10.2. The summed E-state index contributed by atoms with van der Waals surface area (Å²) in [5.74, 6) is 1.28. The number of nitrogens with two attached hydrogens (primary N) is 1. The fraction of sp³-hybridized carbons (Fsp3) is 0.0833. The van der Waals surface area contributed by atoms with Crippen molar-refractivity contribution in [3.8, 4) is 5.75 Å². The Kier molecular flexibility index (Phi) is 3.35. The highest BCUT2D eigenvalue weighted by Gasteiger charge is 2.05. The zero-order valence-corrected chi connectivity index (χ0v) is 9.70. The van der Waals surface area contributed by atoms with E-state index in [0.29, 0.717) is 22.9 Å². The van der Waals surface area contributed by atoms with Gasteiger partial charge in [0.2, 0.25) is 0 Å². The van der Waals surface area contributed by atoms with Gasteiger partial charge in [0.05, 0.1) is 11.3 Å². The third-order valence-electron chi connectivity index (χ3n) is 2.19. The standard InChI is InChI=1S/C12H11ClN2O2/c13-11-6-8(3-4-10(11)12(14)15)17-7-9-2-1-5-16-9/h1-6H,7H2,(H3,14,15). The third kappa shape index (κ3) is 2.79. The average molecular weight is 251 g/mol. The first-order valence-electron chi connectivity index (χ1n) is 4.96. The summed E-state index contributed by atoms with van der Waals surface area (Å²) in [6.07, 6.45) is 1.59. The molecular formula is C12H11ClN2O2. The summed E-state index contributed by atoms with van der Waals surface area (Å²) in [7, 11) is 0. The Balaban J connectivity index is 2.07. The molecule has 1 aromatic heterocycles. The highest BCUT2D eigenvalue weighted by molar-refractivity contribution is 6.34. The molecule has 0 amide bonds. The van der Waals surface area contributed by atoms with Crippen LogP contribution >= 0.6 is 11.6 Å². The number of hydrogen-bond donors (Lipinski definition) is 2. The highest BCUT2D eigenvalue weighted by Crippen LogP contribution is 2.22. The van der Waals surface area contributed by atoms with E-state index in [4.69, 9.17) is 31.9 Å². The van der Waals surface area contributed by atoms with E-state index in [2.05, 4.69) is 0 Å². The summed E-state index contributed by atoms with van der Waals surface area (Å²) in [6, 6.07) is 8.62. The summed E-state index contributed by atoms with van der Waals surface area (Å²) < 4.78 is 10.6.